The molecule has 0 saturated heterocycles. The van der Waals surface area contributed by atoms with E-state index in [-0.39, 0.29) is 0 Å². The summed E-state index contributed by atoms with van der Waals surface area (Å²) < 4.78 is 4.93. The molecule has 1 aromatic rings. The van der Waals surface area contributed by atoms with Crippen LogP contribution in [0.3, 0.4) is 0 Å². The number of aromatic nitrogens is 1. The van der Waals surface area contributed by atoms with E-state index in [1.54, 1.807) is 38.6 Å². The molecule has 4 heteroatoms. The molecule has 4 nitrogen and oxygen atoms in total. The van der Waals surface area contributed by atoms with E-state index < -0.39 is 11.4 Å². The molecule has 1 N–H and O–H groups in total. The molecule has 0 spiro atoms. The number of hydrogen-bond acceptors (Lipinski definition) is 3. The van der Waals surface area contributed by atoms with Gasteiger partial charge in [-0.1, -0.05) is 6.07 Å². The summed E-state index contributed by atoms with van der Waals surface area (Å²) in [5.74, 6) is -0.854. The normalized spacial score (nSPS) is 14.5. The summed E-state index contributed by atoms with van der Waals surface area (Å²) in [5, 5.41) is 9.23. The van der Waals surface area contributed by atoms with Gasteiger partial charge in [0.05, 0.1) is 5.41 Å². The Morgan fingerprint density at radius 3 is 2.87 bits per heavy atom. The predicted octanol–water partition coefficient (Wildman–Crippen LogP) is 1.46. The number of carbonyl (C=O) groups is 1. The average Bonchev–Trinajstić information content (AvgIpc) is 2.27. The van der Waals surface area contributed by atoms with Crippen LogP contribution in [0.25, 0.3) is 0 Å². The molecule has 1 unspecified atom stereocenters. The molecule has 0 aliphatic carbocycles. The lowest BCUT2D eigenvalue weighted by molar-refractivity contribution is -0.143. The van der Waals surface area contributed by atoms with E-state index >= 15 is 0 Å². The summed E-state index contributed by atoms with van der Waals surface area (Å²) in [7, 11) is 1.56. The Morgan fingerprint density at radius 1 is 1.67 bits per heavy atom. The second-order valence-electron chi connectivity index (χ2n) is 3.62. The van der Waals surface area contributed by atoms with Crippen molar-refractivity contribution >= 4 is 5.97 Å². The molecule has 15 heavy (non-hydrogen) atoms. The van der Waals surface area contributed by atoms with Gasteiger partial charge in [-0.2, -0.15) is 0 Å². The summed E-state index contributed by atoms with van der Waals surface area (Å²) in [6.07, 6.45) is 3.65. The summed E-state index contributed by atoms with van der Waals surface area (Å²) in [5.41, 5.74) is -0.223. The molecule has 1 rings (SSSR count). The first-order chi connectivity index (χ1) is 7.11. The SMILES string of the molecule is COCCC(C)(C(=O)O)c1cccnc1. The van der Waals surface area contributed by atoms with E-state index in [4.69, 9.17) is 4.74 Å². The highest BCUT2D eigenvalue weighted by Gasteiger charge is 2.34. The highest BCUT2D eigenvalue weighted by molar-refractivity contribution is 5.80. The zero-order chi connectivity index (χ0) is 11.3. The minimum atomic E-state index is -0.926. The van der Waals surface area contributed by atoms with Crippen LogP contribution >= 0.6 is 0 Å². The monoisotopic (exact) mass is 209 g/mol. The van der Waals surface area contributed by atoms with E-state index in [0.29, 0.717) is 18.6 Å². The second kappa shape index (κ2) is 4.89. The van der Waals surface area contributed by atoms with Gasteiger partial charge in [-0.3, -0.25) is 9.78 Å². The molecule has 0 fully saturated rings. The van der Waals surface area contributed by atoms with Crippen LogP contribution in [0.4, 0.5) is 0 Å². The number of aliphatic carboxylic acids is 1. The third-order valence-corrected chi connectivity index (χ3v) is 2.58. The van der Waals surface area contributed by atoms with E-state index in [1.807, 2.05) is 0 Å². The quantitative estimate of drug-likeness (QED) is 0.797. The van der Waals surface area contributed by atoms with E-state index in [2.05, 4.69) is 4.98 Å². The number of ether oxygens (including phenoxy) is 1. The first-order valence-corrected chi connectivity index (χ1v) is 4.74. The van der Waals surface area contributed by atoms with Crippen LogP contribution in [0.1, 0.15) is 18.9 Å². The lowest BCUT2D eigenvalue weighted by Crippen LogP contribution is -2.33. The topological polar surface area (TPSA) is 59.4 Å². The molecule has 0 amide bonds. The summed E-state index contributed by atoms with van der Waals surface area (Å²) >= 11 is 0. The molecule has 82 valence electrons. The van der Waals surface area contributed by atoms with Crippen molar-refractivity contribution < 1.29 is 14.6 Å². The largest absolute Gasteiger partial charge is 0.481 e. The maximum atomic E-state index is 11.2. The van der Waals surface area contributed by atoms with E-state index in [9.17, 15) is 9.90 Å². The van der Waals surface area contributed by atoms with Crippen LogP contribution in [-0.2, 0) is 14.9 Å². The van der Waals surface area contributed by atoms with Crippen LogP contribution in [0.5, 0.6) is 0 Å². The van der Waals surface area contributed by atoms with Crippen molar-refractivity contribution in [1.29, 1.82) is 0 Å². The zero-order valence-electron chi connectivity index (χ0n) is 8.93. The lowest BCUT2D eigenvalue weighted by atomic mass is 9.81. The first-order valence-electron chi connectivity index (χ1n) is 4.74. The maximum Gasteiger partial charge on any atom is 0.313 e. The highest BCUT2D eigenvalue weighted by atomic mass is 16.5. The minimum absolute atomic E-state index is 0.414. The van der Waals surface area contributed by atoms with Gasteiger partial charge in [0.25, 0.3) is 0 Å². The van der Waals surface area contributed by atoms with Crippen molar-refractivity contribution in [2.45, 2.75) is 18.8 Å². The van der Waals surface area contributed by atoms with E-state index in [0.717, 1.165) is 0 Å². The van der Waals surface area contributed by atoms with Crippen molar-refractivity contribution in [2.75, 3.05) is 13.7 Å². The average molecular weight is 209 g/mol. The summed E-state index contributed by atoms with van der Waals surface area (Å²) in [6, 6.07) is 3.51. The fourth-order valence-corrected chi connectivity index (χ4v) is 1.37. The Balaban J connectivity index is 2.96. The first kappa shape index (κ1) is 11.7. The molecule has 0 aromatic carbocycles. The Morgan fingerprint density at radius 2 is 2.40 bits per heavy atom. The molecule has 0 saturated carbocycles. The standard InChI is InChI=1S/C11H15NO3/c1-11(10(13)14,5-7-15-2)9-4-3-6-12-8-9/h3-4,6,8H,5,7H2,1-2H3,(H,13,14). The van der Waals surface area contributed by atoms with Gasteiger partial charge in [0.2, 0.25) is 0 Å². The van der Waals surface area contributed by atoms with Crippen molar-refractivity contribution in [3.63, 3.8) is 0 Å². The molecular formula is C11H15NO3. The Hall–Kier alpha value is -1.42. The van der Waals surface area contributed by atoms with Gasteiger partial charge in [-0.05, 0) is 25.0 Å². The molecular weight excluding hydrogens is 194 g/mol. The van der Waals surface area contributed by atoms with Crippen LogP contribution in [0.15, 0.2) is 24.5 Å². The van der Waals surface area contributed by atoms with Crippen molar-refractivity contribution in [3.05, 3.63) is 30.1 Å². The van der Waals surface area contributed by atoms with Gasteiger partial charge in [-0.25, -0.2) is 0 Å². The molecule has 0 aliphatic rings. The third kappa shape index (κ3) is 2.53. The fourth-order valence-electron chi connectivity index (χ4n) is 1.37. The van der Waals surface area contributed by atoms with Gasteiger partial charge in [0.15, 0.2) is 0 Å². The van der Waals surface area contributed by atoms with Gasteiger partial charge in [0.1, 0.15) is 0 Å². The number of nitrogens with zero attached hydrogens (tertiary/aromatic N) is 1. The number of carboxylic acid groups (broad SMARTS) is 1. The van der Waals surface area contributed by atoms with Crippen molar-refractivity contribution in [1.82, 2.24) is 4.98 Å². The third-order valence-electron chi connectivity index (χ3n) is 2.58. The Bertz CT molecular complexity index is 326. The number of pyridine rings is 1. The van der Waals surface area contributed by atoms with Gasteiger partial charge < -0.3 is 9.84 Å². The smallest absolute Gasteiger partial charge is 0.313 e. The van der Waals surface area contributed by atoms with Crippen LogP contribution in [-0.4, -0.2) is 29.8 Å². The fraction of sp³-hybridized carbons (Fsp3) is 0.455. The Kier molecular flexibility index (Phi) is 3.80. The van der Waals surface area contributed by atoms with Gasteiger partial charge >= 0.3 is 5.97 Å². The second-order valence-corrected chi connectivity index (χ2v) is 3.62. The van der Waals surface area contributed by atoms with Crippen molar-refractivity contribution in [3.8, 4) is 0 Å². The highest BCUT2D eigenvalue weighted by Crippen LogP contribution is 2.27. The number of carboxylic acids is 1. The minimum Gasteiger partial charge on any atom is -0.481 e. The maximum absolute atomic E-state index is 11.2. The van der Waals surface area contributed by atoms with Gasteiger partial charge in [0, 0.05) is 26.1 Å². The van der Waals surface area contributed by atoms with Crippen LogP contribution in [0.2, 0.25) is 0 Å². The number of hydrogen-bond donors (Lipinski definition) is 1. The van der Waals surface area contributed by atoms with Gasteiger partial charge in [-0.15, -0.1) is 0 Å². The molecule has 1 atom stereocenters. The van der Waals surface area contributed by atoms with E-state index in [1.165, 1.54) is 0 Å². The zero-order valence-corrected chi connectivity index (χ0v) is 8.93. The summed E-state index contributed by atoms with van der Waals surface area (Å²) in [4.78, 5) is 15.2. The predicted molar refractivity (Wildman–Crippen MR) is 55.7 cm³/mol. The molecule has 1 aromatic heterocycles. The van der Waals surface area contributed by atoms with Crippen LogP contribution in [0, 0.1) is 0 Å². The molecule has 0 bridgehead atoms. The Labute approximate surface area is 88.9 Å². The number of methoxy groups -OCH3 is 1. The summed E-state index contributed by atoms with van der Waals surface area (Å²) in [6.45, 7) is 2.10. The molecule has 0 aliphatic heterocycles. The lowest BCUT2D eigenvalue weighted by Gasteiger charge is -2.24. The van der Waals surface area contributed by atoms with Crippen molar-refractivity contribution in [2.24, 2.45) is 0 Å². The van der Waals surface area contributed by atoms with Crippen LogP contribution < -0.4 is 0 Å². The number of rotatable bonds is 5. The molecule has 1 heterocycles. The molecule has 0 radical (unpaired) electrons.